The summed E-state index contributed by atoms with van der Waals surface area (Å²) in [7, 11) is 1.45. The molecule has 0 radical (unpaired) electrons. The third-order valence-electron chi connectivity index (χ3n) is 4.78. The lowest BCUT2D eigenvalue weighted by molar-refractivity contribution is -0.0967. The molecule has 0 amide bonds. The number of aliphatic hydroxyl groups is 1. The predicted molar refractivity (Wildman–Crippen MR) is 93.4 cm³/mol. The van der Waals surface area contributed by atoms with E-state index in [0.717, 1.165) is 18.3 Å². The average Bonchev–Trinajstić information content (AvgIpc) is 3.11. The highest BCUT2D eigenvalue weighted by Gasteiger charge is 2.49. The molecule has 1 aliphatic carbocycles. The maximum absolute atomic E-state index is 14.3. The summed E-state index contributed by atoms with van der Waals surface area (Å²) >= 11 is 0. The van der Waals surface area contributed by atoms with Crippen molar-refractivity contribution in [2.75, 3.05) is 0 Å². The summed E-state index contributed by atoms with van der Waals surface area (Å²) in [5.74, 6) is -5.06. The van der Waals surface area contributed by atoms with E-state index in [0.29, 0.717) is 0 Å². The van der Waals surface area contributed by atoms with E-state index in [1.54, 1.807) is 6.07 Å². The van der Waals surface area contributed by atoms with Crippen molar-refractivity contribution in [3.05, 3.63) is 64.9 Å². The van der Waals surface area contributed by atoms with E-state index in [1.807, 2.05) is 0 Å². The Hall–Kier alpha value is -3.38. The van der Waals surface area contributed by atoms with Crippen LogP contribution in [-0.4, -0.2) is 20.8 Å². The standard InChI is InChI=1S/C20H13F4N3O2/c1-27-18(15(22)9-26-27)13-2-3-16(14-7-20(23,24)19(28)17(13)14)29-12-5-10(8-25)4-11(21)6-12/h2-6,9,19,28H,7H2,1H3. The lowest BCUT2D eigenvalue weighted by atomic mass is 9.98. The molecule has 1 aliphatic rings. The lowest BCUT2D eigenvalue weighted by Crippen LogP contribution is -2.21. The number of alkyl halides is 2. The summed E-state index contributed by atoms with van der Waals surface area (Å²) in [6.07, 6.45) is -2.07. The third kappa shape index (κ3) is 3.11. The normalized spacial score (nSPS) is 17.1. The first kappa shape index (κ1) is 19.0. The second-order valence-electron chi connectivity index (χ2n) is 6.70. The van der Waals surface area contributed by atoms with Gasteiger partial charge in [0.05, 0.1) is 17.8 Å². The van der Waals surface area contributed by atoms with Crippen molar-refractivity contribution in [2.45, 2.75) is 18.4 Å². The summed E-state index contributed by atoms with van der Waals surface area (Å²) in [5, 5.41) is 23.0. The molecule has 1 unspecified atom stereocenters. The molecule has 1 aromatic heterocycles. The Balaban J connectivity index is 1.87. The van der Waals surface area contributed by atoms with E-state index in [2.05, 4.69) is 5.10 Å². The highest BCUT2D eigenvalue weighted by molar-refractivity contribution is 5.71. The van der Waals surface area contributed by atoms with Gasteiger partial charge in [-0.15, -0.1) is 0 Å². The van der Waals surface area contributed by atoms with Crippen LogP contribution < -0.4 is 4.74 Å². The predicted octanol–water partition coefficient (Wildman–Crippen LogP) is 4.25. The first-order valence-electron chi connectivity index (χ1n) is 8.49. The second-order valence-corrected chi connectivity index (χ2v) is 6.70. The number of nitrogens with zero attached hydrogens (tertiary/aromatic N) is 3. The zero-order chi connectivity index (χ0) is 20.9. The van der Waals surface area contributed by atoms with E-state index in [4.69, 9.17) is 10.00 Å². The van der Waals surface area contributed by atoms with Crippen LogP contribution in [0.1, 0.15) is 22.8 Å². The van der Waals surface area contributed by atoms with Crippen molar-refractivity contribution < 1.29 is 27.4 Å². The van der Waals surface area contributed by atoms with Crippen molar-refractivity contribution in [1.82, 2.24) is 9.78 Å². The minimum atomic E-state index is -3.49. The molecule has 1 heterocycles. The van der Waals surface area contributed by atoms with Crippen LogP contribution in [0.5, 0.6) is 11.5 Å². The minimum absolute atomic E-state index is 0.00409. The fourth-order valence-electron chi connectivity index (χ4n) is 3.51. The second kappa shape index (κ2) is 6.60. The smallest absolute Gasteiger partial charge is 0.281 e. The Morgan fingerprint density at radius 2 is 2.03 bits per heavy atom. The van der Waals surface area contributed by atoms with Crippen LogP contribution in [0.2, 0.25) is 0 Å². The van der Waals surface area contributed by atoms with Gasteiger partial charge in [0.1, 0.15) is 29.1 Å². The monoisotopic (exact) mass is 403 g/mol. The molecule has 0 spiro atoms. The molecule has 2 aromatic carbocycles. The number of benzene rings is 2. The topological polar surface area (TPSA) is 71.1 Å². The zero-order valence-electron chi connectivity index (χ0n) is 15.0. The fraction of sp³-hybridized carbons (Fsp3) is 0.200. The van der Waals surface area contributed by atoms with Gasteiger partial charge in [0.2, 0.25) is 0 Å². The molecule has 3 aromatic rings. The summed E-state index contributed by atoms with van der Waals surface area (Å²) in [6, 6.07) is 7.72. The largest absolute Gasteiger partial charge is 0.457 e. The number of fused-ring (bicyclic) bond motifs is 1. The number of halogens is 4. The average molecular weight is 403 g/mol. The van der Waals surface area contributed by atoms with Gasteiger partial charge in [0.25, 0.3) is 5.92 Å². The van der Waals surface area contributed by atoms with Crippen molar-refractivity contribution >= 4 is 0 Å². The summed E-state index contributed by atoms with van der Waals surface area (Å²) < 4.78 is 63.3. The van der Waals surface area contributed by atoms with Gasteiger partial charge in [-0.3, -0.25) is 4.68 Å². The Morgan fingerprint density at radius 1 is 1.28 bits per heavy atom. The molecule has 0 aliphatic heterocycles. The first-order valence-corrected chi connectivity index (χ1v) is 8.49. The van der Waals surface area contributed by atoms with Crippen molar-refractivity contribution in [3.63, 3.8) is 0 Å². The van der Waals surface area contributed by atoms with E-state index in [9.17, 15) is 22.7 Å². The molecular weight excluding hydrogens is 390 g/mol. The Labute approximate surface area is 162 Å². The van der Waals surface area contributed by atoms with Gasteiger partial charge < -0.3 is 9.84 Å². The molecule has 0 saturated heterocycles. The van der Waals surface area contributed by atoms with Crippen molar-refractivity contribution in [2.24, 2.45) is 7.05 Å². The van der Waals surface area contributed by atoms with Gasteiger partial charge in [0, 0.05) is 36.2 Å². The van der Waals surface area contributed by atoms with Gasteiger partial charge in [0.15, 0.2) is 5.82 Å². The van der Waals surface area contributed by atoms with Crippen LogP contribution in [0.4, 0.5) is 17.6 Å². The first-order chi connectivity index (χ1) is 13.7. The van der Waals surface area contributed by atoms with Crippen LogP contribution in [0.3, 0.4) is 0 Å². The maximum atomic E-state index is 14.3. The molecule has 1 atom stereocenters. The lowest BCUT2D eigenvalue weighted by Gasteiger charge is -2.17. The van der Waals surface area contributed by atoms with Crippen LogP contribution in [-0.2, 0) is 13.5 Å². The molecule has 0 fully saturated rings. The molecular formula is C20H13F4N3O2. The van der Waals surface area contributed by atoms with Gasteiger partial charge in [-0.05, 0) is 24.3 Å². The number of hydrogen-bond acceptors (Lipinski definition) is 4. The SMILES string of the molecule is Cn1ncc(F)c1-c1ccc(Oc2cc(F)cc(C#N)c2)c2c1C(O)C(F)(F)C2. The van der Waals surface area contributed by atoms with Gasteiger partial charge in [-0.1, -0.05) is 0 Å². The molecule has 4 rings (SSSR count). The third-order valence-corrected chi connectivity index (χ3v) is 4.78. The number of ether oxygens (including phenoxy) is 1. The Bertz CT molecular complexity index is 1150. The van der Waals surface area contributed by atoms with Crippen LogP contribution in [0.15, 0.2) is 36.5 Å². The van der Waals surface area contributed by atoms with Gasteiger partial charge in [-0.25, -0.2) is 17.6 Å². The molecule has 5 nitrogen and oxygen atoms in total. The molecule has 148 valence electrons. The Morgan fingerprint density at radius 3 is 2.69 bits per heavy atom. The molecule has 1 N–H and O–H groups in total. The summed E-state index contributed by atoms with van der Waals surface area (Å²) in [5.41, 5.74) is -0.195. The zero-order valence-corrected chi connectivity index (χ0v) is 15.0. The number of rotatable bonds is 3. The van der Waals surface area contributed by atoms with E-state index in [-0.39, 0.29) is 39.4 Å². The van der Waals surface area contributed by atoms with Crippen molar-refractivity contribution in [3.8, 4) is 28.8 Å². The summed E-state index contributed by atoms with van der Waals surface area (Å²) in [4.78, 5) is 0. The minimum Gasteiger partial charge on any atom is -0.457 e. The number of aliphatic hydroxyl groups excluding tert-OH is 1. The molecule has 29 heavy (non-hydrogen) atoms. The molecule has 0 saturated carbocycles. The number of aromatic nitrogens is 2. The molecule has 0 bridgehead atoms. The van der Waals surface area contributed by atoms with E-state index in [1.165, 1.54) is 29.9 Å². The van der Waals surface area contributed by atoms with Crippen LogP contribution >= 0.6 is 0 Å². The maximum Gasteiger partial charge on any atom is 0.281 e. The van der Waals surface area contributed by atoms with E-state index >= 15 is 0 Å². The summed E-state index contributed by atoms with van der Waals surface area (Å²) in [6.45, 7) is 0. The van der Waals surface area contributed by atoms with Crippen LogP contribution in [0.25, 0.3) is 11.3 Å². The number of nitriles is 1. The van der Waals surface area contributed by atoms with E-state index < -0.39 is 30.1 Å². The molecule has 9 heteroatoms. The Kier molecular flexibility index (Phi) is 4.31. The number of aryl methyl sites for hydroxylation is 1. The van der Waals surface area contributed by atoms with Gasteiger partial charge in [-0.2, -0.15) is 10.4 Å². The highest BCUT2D eigenvalue weighted by Crippen LogP contribution is 2.51. The highest BCUT2D eigenvalue weighted by atomic mass is 19.3. The van der Waals surface area contributed by atoms with Crippen molar-refractivity contribution in [1.29, 1.82) is 5.26 Å². The fourth-order valence-corrected chi connectivity index (χ4v) is 3.51. The quantitative estimate of drug-likeness (QED) is 0.664. The van der Waals surface area contributed by atoms with Gasteiger partial charge >= 0.3 is 0 Å². The van der Waals surface area contributed by atoms with Crippen LogP contribution in [0, 0.1) is 23.0 Å². The number of hydrogen-bond donors (Lipinski definition) is 1.